The van der Waals surface area contributed by atoms with Gasteiger partial charge in [-0.25, -0.2) is 0 Å². The van der Waals surface area contributed by atoms with Gasteiger partial charge in [0.2, 0.25) is 0 Å². The van der Waals surface area contributed by atoms with Crippen LogP contribution in [-0.2, 0) is 0 Å². The van der Waals surface area contributed by atoms with Gasteiger partial charge < -0.3 is 0 Å². The fourth-order valence-electron chi connectivity index (χ4n) is 0.995. The van der Waals surface area contributed by atoms with Gasteiger partial charge in [0.05, 0.1) is 26.8 Å². The van der Waals surface area contributed by atoms with E-state index in [2.05, 4.69) is 10.2 Å². The van der Waals surface area contributed by atoms with Gasteiger partial charge in [0.1, 0.15) is 0 Å². The molecule has 0 unspecified atom stereocenters. The van der Waals surface area contributed by atoms with E-state index in [1.54, 1.807) is 12.3 Å². The van der Waals surface area contributed by atoms with Crippen LogP contribution in [0.15, 0.2) is 12.3 Å². The average Bonchev–Trinajstić information content (AvgIpc) is 2.48. The quantitative estimate of drug-likeness (QED) is 0.678. The topological polar surface area (TPSA) is 28.7 Å². The Kier molecular flexibility index (Phi) is 1.91. The predicted molar refractivity (Wildman–Crippen MR) is 51.1 cm³/mol. The molecule has 0 bridgehead atoms. The molecule has 5 heteroatoms. The van der Waals surface area contributed by atoms with Gasteiger partial charge in [0.15, 0.2) is 0 Å². The van der Waals surface area contributed by atoms with Crippen molar-refractivity contribution in [2.75, 3.05) is 0 Å². The van der Waals surface area contributed by atoms with E-state index in [0.29, 0.717) is 20.6 Å². The monoisotopic (exact) mass is 220 g/mol. The normalized spacial score (nSPS) is 10.9. The summed E-state index contributed by atoms with van der Waals surface area (Å²) in [4.78, 5) is 0. The molecule has 1 aromatic carbocycles. The van der Waals surface area contributed by atoms with E-state index in [-0.39, 0.29) is 0 Å². The van der Waals surface area contributed by atoms with Crippen LogP contribution in [0.4, 0.5) is 0 Å². The van der Waals surface area contributed by atoms with Crippen molar-refractivity contribution in [2.45, 2.75) is 0 Å². The van der Waals surface area contributed by atoms with Crippen molar-refractivity contribution in [3.8, 4) is 0 Å². The Morgan fingerprint density at radius 2 is 1.92 bits per heavy atom. The van der Waals surface area contributed by atoms with Crippen LogP contribution in [0.3, 0.4) is 0 Å². The molecule has 2 rings (SSSR count). The van der Waals surface area contributed by atoms with Crippen LogP contribution in [0.5, 0.6) is 0 Å². The van der Waals surface area contributed by atoms with Gasteiger partial charge in [-0.05, 0) is 6.07 Å². The molecule has 62 valence electrons. The summed E-state index contributed by atoms with van der Waals surface area (Å²) >= 11 is 17.5. The first-order valence-corrected chi connectivity index (χ1v) is 4.30. The minimum Gasteiger partial charge on any atom is -0.276 e. The number of benzene rings is 1. The average molecular weight is 221 g/mol. The van der Waals surface area contributed by atoms with Crippen molar-refractivity contribution in [2.24, 2.45) is 0 Å². The van der Waals surface area contributed by atoms with Crippen LogP contribution in [0, 0.1) is 0 Å². The van der Waals surface area contributed by atoms with E-state index in [1.165, 1.54) is 0 Å². The number of halogens is 3. The number of aromatic nitrogens is 2. The molecule has 0 fully saturated rings. The number of hydrogen-bond acceptors (Lipinski definition) is 1. The second-order valence-corrected chi connectivity index (χ2v) is 3.48. The molecule has 0 radical (unpaired) electrons. The summed E-state index contributed by atoms with van der Waals surface area (Å²) in [5.41, 5.74) is 0.714. The zero-order chi connectivity index (χ0) is 8.72. The molecular weight excluding hydrogens is 218 g/mol. The summed E-state index contributed by atoms with van der Waals surface area (Å²) in [6.45, 7) is 0. The van der Waals surface area contributed by atoms with Gasteiger partial charge in [0.25, 0.3) is 0 Å². The molecular formula is C7H3Cl3N2. The molecule has 0 saturated carbocycles. The highest BCUT2D eigenvalue weighted by atomic mass is 35.5. The van der Waals surface area contributed by atoms with Crippen molar-refractivity contribution in [3.63, 3.8) is 0 Å². The van der Waals surface area contributed by atoms with E-state index < -0.39 is 0 Å². The van der Waals surface area contributed by atoms with Crippen molar-refractivity contribution in [1.82, 2.24) is 10.2 Å². The molecule has 1 aromatic heterocycles. The Hall–Kier alpha value is -0.440. The summed E-state index contributed by atoms with van der Waals surface area (Å²) in [6, 6.07) is 1.72. The Morgan fingerprint density at radius 1 is 1.17 bits per heavy atom. The maximum atomic E-state index is 5.89. The van der Waals surface area contributed by atoms with Crippen LogP contribution < -0.4 is 0 Å². The summed E-state index contributed by atoms with van der Waals surface area (Å²) < 4.78 is 0. The number of aromatic amines is 1. The fraction of sp³-hybridized carbons (Fsp3) is 0. The van der Waals surface area contributed by atoms with E-state index in [1.807, 2.05) is 0 Å². The number of fused-ring (bicyclic) bond motifs is 1. The second kappa shape index (κ2) is 2.80. The third-order valence-electron chi connectivity index (χ3n) is 1.57. The van der Waals surface area contributed by atoms with Crippen LogP contribution >= 0.6 is 34.8 Å². The van der Waals surface area contributed by atoms with Gasteiger partial charge in [-0.3, -0.25) is 5.10 Å². The van der Waals surface area contributed by atoms with Gasteiger partial charge in [-0.2, -0.15) is 5.10 Å². The maximum Gasteiger partial charge on any atom is 0.0864 e. The molecule has 0 saturated heterocycles. The Bertz CT molecular complexity index is 435. The highest BCUT2D eigenvalue weighted by Crippen LogP contribution is 2.35. The number of hydrogen-bond donors (Lipinski definition) is 1. The van der Waals surface area contributed by atoms with E-state index >= 15 is 0 Å². The highest BCUT2D eigenvalue weighted by molar-refractivity contribution is 6.50. The number of rotatable bonds is 0. The predicted octanol–water partition coefficient (Wildman–Crippen LogP) is 3.52. The second-order valence-electron chi connectivity index (χ2n) is 2.32. The first kappa shape index (κ1) is 8.17. The molecule has 0 aliphatic carbocycles. The molecule has 2 aromatic rings. The summed E-state index contributed by atoms with van der Waals surface area (Å²) in [5, 5.41) is 8.61. The molecule has 0 atom stereocenters. The van der Waals surface area contributed by atoms with Gasteiger partial charge >= 0.3 is 0 Å². The molecule has 0 amide bonds. The van der Waals surface area contributed by atoms with E-state index in [9.17, 15) is 0 Å². The molecule has 1 N–H and O–H groups in total. The van der Waals surface area contributed by atoms with Gasteiger partial charge in [-0.15, -0.1) is 0 Å². The van der Waals surface area contributed by atoms with E-state index in [4.69, 9.17) is 34.8 Å². The minimum atomic E-state index is 0.357. The summed E-state index contributed by atoms with van der Waals surface area (Å²) in [5.74, 6) is 0. The first-order chi connectivity index (χ1) is 5.70. The molecule has 0 spiro atoms. The van der Waals surface area contributed by atoms with Crippen molar-refractivity contribution >= 4 is 45.7 Å². The van der Waals surface area contributed by atoms with Crippen molar-refractivity contribution in [3.05, 3.63) is 27.3 Å². The van der Waals surface area contributed by atoms with Gasteiger partial charge in [-0.1, -0.05) is 34.8 Å². The summed E-state index contributed by atoms with van der Waals surface area (Å²) in [6.07, 6.45) is 1.64. The van der Waals surface area contributed by atoms with Crippen LogP contribution in [0.1, 0.15) is 0 Å². The zero-order valence-corrected chi connectivity index (χ0v) is 8.00. The first-order valence-electron chi connectivity index (χ1n) is 3.16. The molecule has 0 aliphatic rings. The minimum absolute atomic E-state index is 0.357. The summed E-state index contributed by atoms with van der Waals surface area (Å²) in [7, 11) is 0. The third-order valence-corrected chi connectivity index (χ3v) is 2.83. The van der Waals surface area contributed by atoms with Crippen molar-refractivity contribution in [1.29, 1.82) is 0 Å². The Balaban J connectivity index is 2.94. The van der Waals surface area contributed by atoms with Crippen LogP contribution in [0.2, 0.25) is 15.1 Å². The number of nitrogens with zero attached hydrogens (tertiary/aromatic N) is 1. The maximum absolute atomic E-state index is 5.89. The lowest BCUT2D eigenvalue weighted by Gasteiger charge is -1.98. The largest absolute Gasteiger partial charge is 0.276 e. The van der Waals surface area contributed by atoms with Gasteiger partial charge in [0, 0.05) is 5.39 Å². The molecule has 1 heterocycles. The van der Waals surface area contributed by atoms with Crippen LogP contribution in [-0.4, -0.2) is 10.2 Å². The lowest BCUT2D eigenvalue weighted by atomic mass is 10.2. The lowest BCUT2D eigenvalue weighted by Crippen LogP contribution is -1.75. The molecule has 0 aliphatic heterocycles. The third kappa shape index (κ3) is 1.07. The van der Waals surface area contributed by atoms with E-state index in [0.717, 1.165) is 5.39 Å². The standard InChI is InChI=1S/C7H3Cl3N2/c8-4-1-3-2-11-12-7(3)6(10)5(4)9/h1-2H,(H,11,12). The smallest absolute Gasteiger partial charge is 0.0864 e. The van der Waals surface area contributed by atoms with Crippen LogP contribution in [0.25, 0.3) is 10.9 Å². The Labute approximate surface area is 83.4 Å². The SMILES string of the molecule is Clc1cc2cn[nH]c2c(Cl)c1Cl. The lowest BCUT2D eigenvalue weighted by molar-refractivity contribution is 1.12. The zero-order valence-electron chi connectivity index (χ0n) is 5.74. The Morgan fingerprint density at radius 3 is 2.67 bits per heavy atom. The number of H-pyrrole nitrogens is 1. The highest BCUT2D eigenvalue weighted by Gasteiger charge is 2.09. The van der Waals surface area contributed by atoms with Crippen molar-refractivity contribution < 1.29 is 0 Å². The molecule has 12 heavy (non-hydrogen) atoms. The molecule has 2 nitrogen and oxygen atoms in total. The fourth-order valence-corrected chi connectivity index (χ4v) is 1.66. The number of nitrogens with one attached hydrogen (secondary N) is 1.